The average Bonchev–Trinajstić information content (AvgIpc) is 2.78. The molecule has 0 bridgehead atoms. The maximum atomic E-state index is 10.5. The predicted molar refractivity (Wildman–Crippen MR) is 66.8 cm³/mol. The summed E-state index contributed by atoms with van der Waals surface area (Å²) >= 11 is 1.50. The number of hydrogen-bond donors (Lipinski definition) is 1. The van der Waals surface area contributed by atoms with Gasteiger partial charge >= 0.3 is 0 Å². The van der Waals surface area contributed by atoms with E-state index in [1.807, 2.05) is 6.92 Å². The first kappa shape index (κ1) is 11.7. The van der Waals surface area contributed by atoms with Crippen molar-refractivity contribution in [2.24, 2.45) is 5.73 Å². The van der Waals surface area contributed by atoms with Crippen molar-refractivity contribution in [3.63, 3.8) is 0 Å². The summed E-state index contributed by atoms with van der Waals surface area (Å²) in [7, 11) is 0. The summed E-state index contributed by atoms with van der Waals surface area (Å²) < 4.78 is 0. The Morgan fingerprint density at radius 2 is 2.06 bits per heavy atom. The van der Waals surface area contributed by atoms with Crippen molar-refractivity contribution in [3.8, 4) is 10.6 Å². The molecule has 1 aromatic heterocycles. The second kappa shape index (κ2) is 4.60. The SMILES string of the molecule is CC(N)c1cnc(-c2ccc([N+](=O)[O-])cc2)s1. The van der Waals surface area contributed by atoms with Gasteiger partial charge in [-0.25, -0.2) is 4.98 Å². The molecule has 2 rings (SSSR count). The third kappa shape index (κ3) is 2.48. The molecule has 0 aliphatic heterocycles. The molecule has 6 heteroatoms. The quantitative estimate of drug-likeness (QED) is 0.669. The van der Waals surface area contributed by atoms with Crippen molar-refractivity contribution in [1.82, 2.24) is 4.98 Å². The van der Waals surface area contributed by atoms with Crippen LogP contribution in [0.5, 0.6) is 0 Å². The van der Waals surface area contributed by atoms with Gasteiger partial charge in [0.2, 0.25) is 0 Å². The Kier molecular flexibility index (Phi) is 3.16. The molecule has 5 nitrogen and oxygen atoms in total. The molecular weight excluding hydrogens is 238 g/mol. The van der Waals surface area contributed by atoms with Gasteiger partial charge in [-0.15, -0.1) is 11.3 Å². The highest BCUT2D eigenvalue weighted by Gasteiger charge is 2.09. The smallest absolute Gasteiger partial charge is 0.269 e. The normalized spacial score (nSPS) is 12.4. The Bertz CT molecular complexity index is 534. The molecule has 1 atom stereocenters. The first-order chi connectivity index (χ1) is 8.08. The molecule has 0 radical (unpaired) electrons. The molecule has 2 aromatic rings. The highest BCUT2D eigenvalue weighted by atomic mass is 32.1. The van der Waals surface area contributed by atoms with E-state index in [1.165, 1.54) is 23.5 Å². The fourth-order valence-corrected chi connectivity index (χ4v) is 2.23. The summed E-state index contributed by atoms with van der Waals surface area (Å²) in [6.45, 7) is 1.90. The Balaban J connectivity index is 2.30. The van der Waals surface area contributed by atoms with Crippen LogP contribution < -0.4 is 5.73 Å². The lowest BCUT2D eigenvalue weighted by atomic mass is 10.2. The van der Waals surface area contributed by atoms with Gasteiger partial charge in [0.05, 0.1) is 4.92 Å². The maximum Gasteiger partial charge on any atom is 0.269 e. The Hall–Kier alpha value is -1.79. The van der Waals surface area contributed by atoms with E-state index in [0.717, 1.165) is 15.4 Å². The number of nitro groups is 1. The predicted octanol–water partition coefficient (Wildman–Crippen LogP) is 2.74. The van der Waals surface area contributed by atoms with Crippen LogP contribution >= 0.6 is 11.3 Å². The van der Waals surface area contributed by atoms with Crippen LogP contribution in [0.2, 0.25) is 0 Å². The van der Waals surface area contributed by atoms with Crippen LogP contribution in [0.1, 0.15) is 17.8 Å². The van der Waals surface area contributed by atoms with E-state index in [4.69, 9.17) is 5.73 Å². The summed E-state index contributed by atoms with van der Waals surface area (Å²) in [5.74, 6) is 0. The van der Waals surface area contributed by atoms with Crippen molar-refractivity contribution in [1.29, 1.82) is 0 Å². The second-order valence-electron chi connectivity index (χ2n) is 3.66. The van der Waals surface area contributed by atoms with Gasteiger partial charge in [0, 0.05) is 34.8 Å². The van der Waals surface area contributed by atoms with Gasteiger partial charge in [-0.3, -0.25) is 10.1 Å². The van der Waals surface area contributed by atoms with Gasteiger partial charge in [0.15, 0.2) is 0 Å². The summed E-state index contributed by atoms with van der Waals surface area (Å²) in [6, 6.07) is 6.30. The number of benzene rings is 1. The fourth-order valence-electron chi connectivity index (χ4n) is 1.36. The average molecular weight is 249 g/mol. The largest absolute Gasteiger partial charge is 0.323 e. The monoisotopic (exact) mass is 249 g/mol. The maximum absolute atomic E-state index is 10.5. The molecule has 0 fully saturated rings. The molecule has 2 N–H and O–H groups in total. The zero-order valence-corrected chi connectivity index (χ0v) is 9.98. The fraction of sp³-hybridized carbons (Fsp3) is 0.182. The lowest BCUT2D eigenvalue weighted by Gasteiger charge is -1.98. The van der Waals surface area contributed by atoms with Gasteiger partial charge in [-0.1, -0.05) is 0 Å². The molecule has 0 saturated heterocycles. The number of nitrogens with two attached hydrogens (primary N) is 1. The van der Waals surface area contributed by atoms with Gasteiger partial charge in [-0.2, -0.15) is 0 Å². The van der Waals surface area contributed by atoms with Crippen molar-refractivity contribution in [2.45, 2.75) is 13.0 Å². The molecule has 0 amide bonds. The minimum atomic E-state index is -0.418. The third-order valence-corrected chi connectivity index (χ3v) is 3.54. The zero-order valence-electron chi connectivity index (χ0n) is 9.16. The van der Waals surface area contributed by atoms with Crippen LogP contribution in [-0.4, -0.2) is 9.91 Å². The van der Waals surface area contributed by atoms with E-state index in [0.29, 0.717) is 0 Å². The zero-order chi connectivity index (χ0) is 12.4. The van der Waals surface area contributed by atoms with Gasteiger partial charge in [0.1, 0.15) is 5.01 Å². The summed E-state index contributed by atoms with van der Waals surface area (Å²) in [4.78, 5) is 15.3. The molecule has 1 heterocycles. The van der Waals surface area contributed by atoms with E-state index in [1.54, 1.807) is 18.3 Å². The number of nitrogens with zero attached hydrogens (tertiary/aromatic N) is 2. The summed E-state index contributed by atoms with van der Waals surface area (Å²) in [5.41, 5.74) is 6.70. The molecule has 0 saturated carbocycles. The van der Waals surface area contributed by atoms with Crippen LogP contribution in [0.25, 0.3) is 10.6 Å². The number of hydrogen-bond acceptors (Lipinski definition) is 5. The van der Waals surface area contributed by atoms with E-state index in [9.17, 15) is 10.1 Å². The van der Waals surface area contributed by atoms with Crippen LogP contribution in [0.3, 0.4) is 0 Å². The molecule has 1 unspecified atom stereocenters. The van der Waals surface area contributed by atoms with Crippen molar-refractivity contribution in [3.05, 3.63) is 45.5 Å². The molecule has 0 aliphatic rings. The molecule has 1 aromatic carbocycles. The lowest BCUT2D eigenvalue weighted by molar-refractivity contribution is -0.384. The van der Waals surface area contributed by atoms with E-state index < -0.39 is 4.92 Å². The summed E-state index contributed by atoms with van der Waals surface area (Å²) in [6.07, 6.45) is 1.74. The van der Waals surface area contributed by atoms with Crippen molar-refractivity contribution >= 4 is 17.0 Å². The van der Waals surface area contributed by atoms with Gasteiger partial charge < -0.3 is 5.73 Å². The molecule has 0 spiro atoms. The van der Waals surface area contributed by atoms with Gasteiger partial charge in [0.25, 0.3) is 5.69 Å². The third-order valence-electron chi connectivity index (χ3n) is 2.30. The Morgan fingerprint density at radius 3 is 2.53 bits per heavy atom. The van der Waals surface area contributed by atoms with Crippen molar-refractivity contribution in [2.75, 3.05) is 0 Å². The number of non-ortho nitro benzene ring substituents is 1. The first-order valence-electron chi connectivity index (χ1n) is 5.04. The van der Waals surface area contributed by atoms with Crippen LogP contribution in [0.4, 0.5) is 5.69 Å². The van der Waals surface area contributed by atoms with E-state index in [2.05, 4.69) is 4.98 Å². The van der Waals surface area contributed by atoms with E-state index >= 15 is 0 Å². The standard InChI is InChI=1S/C11H11N3O2S/c1-7(12)10-6-13-11(17-10)8-2-4-9(5-3-8)14(15)16/h2-7H,12H2,1H3. The Labute approximate surface area is 102 Å². The minimum absolute atomic E-state index is 0.0423. The number of aromatic nitrogens is 1. The number of rotatable bonds is 3. The van der Waals surface area contributed by atoms with Crippen LogP contribution in [0, 0.1) is 10.1 Å². The minimum Gasteiger partial charge on any atom is -0.323 e. The van der Waals surface area contributed by atoms with Crippen LogP contribution in [0.15, 0.2) is 30.5 Å². The van der Waals surface area contributed by atoms with E-state index in [-0.39, 0.29) is 11.7 Å². The molecular formula is C11H11N3O2S. The first-order valence-corrected chi connectivity index (χ1v) is 5.85. The molecule has 17 heavy (non-hydrogen) atoms. The molecule has 0 aliphatic carbocycles. The Morgan fingerprint density at radius 1 is 1.41 bits per heavy atom. The van der Waals surface area contributed by atoms with Gasteiger partial charge in [-0.05, 0) is 19.1 Å². The highest BCUT2D eigenvalue weighted by molar-refractivity contribution is 7.15. The number of thiazole rings is 1. The lowest BCUT2D eigenvalue weighted by Crippen LogP contribution is -2.01. The number of nitro benzene ring substituents is 1. The molecule has 88 valence electrons. The highest BCUT2D eigenvalue weighted by Crippen LogP contribution is 2.28. The van der Waals surface area contributed by atoms with Crippen LogP contribution in [-0.2, 0) is 0 Å². The second-order valence-corrected chi connectivity index (χ2v) is 4.72. The van der Waals surface area contributed by atoms with Crippen molar-refractivity contribution < 1.29 is 4.92 Å². The topological polar surface area (TPSA) is 82.0 Å². The summed E-state index contributed by atoms with van der Waals surface area (Å²) in [5, 5.41) is 11.3.